The smallest absolute Gasteiger partial charge is 0.0220 e. The highest BCUT2D eigenvalue weighted by Gasteiger charge is 2.22. The first kappa shape index (κ1) is 15.5. The average molecular weight is 274 g/mol. The molecule has 0 spiro atoms. The molecule has 0 amide bonds. The normalized spacial score (nSPS) is 24.1. The second-order valence-corrected chi connectivity index (χ2v) is 6.37. The van der Waals surface area contributed by atoms with E-state index < -0.39 is 0 Å². The molecule has 2 rings (SSSR count). The van der Waals surface area contributed by atoms with Crippen LogP contribution in [0.2, 0.25) is 0 Å². The Hall–Kier alpha value is -0.860. The molecule has 112 valence electrons. The van der Waals surface area contributed by atoms with Crippen molar-refractivity contribution in [3.05, 3.63) is 35.9 Å². The minimum absolute atomic E-state index is 0.617. The molecule has 3 atom stereocenters. The Labute approximate surface area is 124 Å². The SMILES string of the molecule is CCC(C)C1CN(CC(C)c2ccccc2)CCCN1. The van der Waals surface area contributed by atoms with Crippen LogP contribution < -0.4 is 5.32 Å². The van der Waals surface area contributed by atoms with Crippen molar-refractivity contribution in [3.63, 3.8) is 0 Å². The summed E-state index contributed by atoms with van der Waals surface area (Å²) in [5.74, 6) is 1.38. The Morgan fingerprint density at radius 1 is 1.25 bits per heavy atom. The molecular weight excluding hydrogens is 244 g/mol. The van der Waals surface area contributed by atoms with Crippen LogP contribution in [0, 0.1) is 5.92 Å². The summed E-state index contributed by atoms with van der Waals surface area (Å²) in [6, 6.07) is 11.6. The maximum atomic E-state index is 3.73. The minimum Gasteiger partial charge on any atom is -0.312 e. The summed E-state index contributed by atoms with van der Waals surface area (Å²) < 4.78 is 0. The van der Waals surface area contributed by atoms with Gasteiger partial charge in [-0.05, 0) is 36.9 Å². The summed E-state index contributed by atoms with van der Waals surface area (Å²) in [7, 11) is 0. The zero-order valence-corrected chi connectivity index (χ0v) is 13.3. The van der Waals surface area contributed by atoms with Gasteiger partial charge in [-0.25, -0.2) is 0 Å². The van der Waals surface area contributed by atoms with Crippen molar-refractivity contribution in [2.75, 3.05) is 26.2 Å². The van der Waals surface area contributed by atoms with Crippen LogP contribution in [0.15, 0.2) is 30.3 Å². The standard InChI is InChI=1S/C18H30N2/c1-4-15(2)18-14-20(12-8-11-19-18)13-16(3)17-9-6-5-7-10-17/h5-7,9-10,15-16,18-19H,4,8,11-14H2,1-3H3. The van der Waals surface area contributed by atoms with Crippen molar-refractivity contribution < 1.29 is 0 Å². The molecule has 1 heterocycles. The Morgan fingerprint density at radius 2 is 2.00 bits per heavy atom. The third-order valence-electron chi connectivity index (χ3n) is 4.74. The van der Waals surface area contributed by atoms with Gasteiger partial charge in [-0.3, -0.25) is 0 Å². The summed E-state index contributed by atoms with van der Waals surface area (Å²) in [6.07, 6.45) is 2.54. The Morgan fingerprint density at radius 3 is 2.70 bits per heavy atom. The van der Waals surface area contributed by atoms with Crippen molar-refractivity contribution in [1.82, 2.24) is 10.2 Å². The van der Waals surface area contributed by atoms with Crippen molar-refractivity contribution >= 4 is 0 Å². The van der Waals surface area contributed by atoms with Crippen LogP contribution in [0.4, 0.5) is 0 Å². The van der Waals surface area contributed by atoms with Gasteiger partial charge in [-0.2, -0.15) is 0 Å². The first-order valence-electron chi connectivity index (χ1n) is 8.21. The average Bonchev–Trinajstić information content (AvgIpc) is 2.73. The molecule has 1 N–H and O–H groups in total. The van der Waals surface area contributed by atoms with E-state index in [9.17, 15) is 0 Å². The Balaban J connectivity index is 1.93. The highest BCUT2D eigenvalue weighted by molar-refractivity contribution is 5.19. The number of hydrogen-bond acceptors (Lipinski definition) is 2. The number of hydrogen-bond donors (Lipinski definition) is 1. The van der Waals surface area contributed by atoms with Crippen molar-refractivity contribution in [1.29, 1.82) is 0 Å². The molecule has 1 saturated heterocycles. The molecule has 20 heavy (non-hydrogen) atoms. The molecule has 1 fully saturated rings. The maximum absolute atomic E-state index is 3.73. The van der Waals surface area contributed by atoms with Crippen LogP contribution in [0.5, 0.6) is 0 Å². The molecule has 2 nitrogen and oxygen atoms in total. The van der Waals surface area contributed by atoms with Crippen molar-refractivity contribution in [2.24, 2.45) is 5.92 Å². The molecule has 0 aromatic heterocycles. The Bertz CT molecular complexity index is 376. The van der Waals surface area contributed by atoms with E-state index in [-0.39, 0.29) is 0 Å². The largest absolute Gasteiger partial charge is 0.312 e. The molecule has 3 unspecified atom stereocenters. The summed E-state index contributed by atoms with van der Waals surface area (Å²) in [5.41, 5.74) is 1.46. The molecule has 1 aliphatic heterocycles. The van der Waals surface area contributed by atoms with E-state index in [1.165, 1.54) is 44.6 Å². The van der Waals surface area contributed by atoms with Crippen molar-refractivity contribution in [2.45, 2.75) is 45.6 Å². The van der Waals surface area contributed by atoms with Gasteiger partial charge < -0.3 is 10.2 Å². The molecule has 2 heteroatoms. The van der Waals surface area contributed by atoms with E-state index in [2.05, 4.69) is 61.3 Å². The zero-order valence-electron chi connectivity index (χ0n) is 13.3. The van der Waals surface area contributed by atoms with Gasteiger partial charge in [0.1, 0.15) is 0 Å². The van der Waals surface area contributed by atoms with E-state index >= 15 is 0 Å². The van der Waals surface area contributed by atoms with Crippen molar-refractivity contribution in [3.8, 4) is 0 Å². The lowest BCUT2D eigenvalue weighted by molar-refractivity contribution is 0.229. The minimum atomic E-state index is 0.617. The summed E-state index contributed by atoms with van der Waals surface area (Å²) in [4.78, 5) is 2.66. The number of nitrogens with zero attached hydrogens (tertiary/aromatic N) is 1. The van der Waals surface area contributed by atoms with E-state index in [4.69, 9.17) is 0 Å². The highest BCUT2D eigenvalue weighted by Crippen LogP contribution is 2.19. The first-order valence-corrected chi connectivity index (χ1v) is 8.21. The number of benzene rings is 1. The van der Waals surface area contributed by atoms with Gasteiger partial charge in [-0.1, -0.05) is 57.5 Å². The molecule has 0 aliphatic carbocycles. The van der Waals surface area contributed by atoms with Crippen LogP contribution in [0.1, 0.15) is 45.1 Å². The molecular formula is C18H30N2. The van der Waals surface area contributed by atoms with Gasteiger partial charge in [0.15, 0.2) is 0 Å². The van der Waals surface area contributed by atoms with Gasteiger partial charge in [0.05, 0.1) is 0 Å². The molecule has 1 aliphatic rings. The monoisotopic (exact) mass is 274 g/mol. The molecule has 1 aromatic rings. The third kappa shape index (κ3) is 4.32. The second kappa shape index (κ2) is 7.80. The van der Waals surface area contributed by atoms with E-state index in [1.54, 1.807) is 0 Å². The third-order valence-corrected chi connectivity index (χ3v) is 4.74. The van der Waals surface area contributed by atoms with E-state index in [0.717, 1.165) is 5.92 Å². The molecule has 1 aromatic carbocycles. The van der Waals surface area contributed by atoms with Gasteiger partial charge in [-0.15, -0.1) is 0 Å². The topological polar surface area (TPSA) is 15.3 Å². The van der Waals surface area contributed by atoms with Gasteiger partial charge in [0, 0.05) is 19.1 Å². The number of nitrogens with one attached hydrogen (secondary N) is 1. The summed E-state index contributed by atoms with van der Waals surface area (Å²) >= 11 is 0. The quantitative estimate of drug-likeness (QED) is 0.884. The lowest BCUT2D eigenvalue weighted by Crippen LogP contribution is -2.42. The zero-order chi connectivity index (χ0) is 14.4. The van der Waals surface area contributed by atoms with Crippen LogP contribution in [0.25, 0.3) is 0 Å². The molecule has 0 radical (unpaired) electrons. The summed E-state index contributed by atoms with van der Waals surface area (Å²) in [6.45, 7) is 11.8. The fourth-order valence-corrected chi connectivity index (χ4v) is 3.13. The summed E-state index contributed by atoms with van der Waals surface area (Å²) in [5, 5.41) is 3.73. The fourth-order valence-electron chi connectivity index (χ4n) is 3.13. The van der Waals surface area contributed by atoms with E-state index in [0.29, 0.717) is 12.0 Å². The highest BCUT2D eigenvalue weighted by atomic mass is 15.2. The second-order valence-electron chi connectivity index (χ2n) is 6.37. The van der Waals surface area contributed by atoms with Gasteiger partial charge >= 0.3 is 0 Å². The Kier molecular flexibility index (Phi) is 6.06. The van der Waals surface area contributed by atoms with Gasteiger partial charge in [0.2, 0.25) is 0 Å². The van der Waals surface area contributed by atoms with E-state index in [1.807, 2.05) is 0 Å². The first-order chi connectivity index (χ1) is 9.70. The molecule has 0 saturated carbocycles. The van der Waals surface area contributed by atoms with Crippen LogP contribution >= 0.6 is 0 Å². The van der Waals surface area contributed by atoms with Crippen LogP contribution in [0.3, 0.4) is 0 Å². The maximum Gasteiger partial charge on any atom is 0.0220 e. The predicted octanol–water partition coefficient (Wildman–Crippen LogP) is 3.50. The lowest BCUT2D eigenvalue weighted by atomic mass is 9.97. The van der Waals surface area contributed by atoms with Gasteiger partial charge in [0.25, 0.3) is 0 Å². The van der Waals surface area contributed by atoms with Crippen LogP contribution in [-0.2, 0) is 0 Å². The van der Waals surface area contributed by atoms with Crippen LogP contribution in [-0.4, -0.2) is 37.1 Å². The molecule has 0 bridgehead atoms. The fraction of sp³-hybridized carbons (Fsp3) is 0.667. The number of rotatable bonds is 5. The predicted molar refractivity (Wildman–Crippen MR) is 87.2 cm³/mol. The lowest BCUT2D eigenvalue weighted by Gasteiger charge is -2.30.